The van der Waals surface area contributed by atoms with Gasteiger partial charge in [0.15, 0.2) is 5.58 Å². The third kappa shape index (κ3) is 2.01. The maximum absolute atomic E-state index is 13.1. The second-order valence-corrected chi connectivity index (χ2v) is 5.20. The van der Waals surface area contributed by atoms with Gasteiger partial charge < -0.3 is 10.2 Å². The quantitative estimate of drug-likeness (QED) is 0.786. The number of benzene rings is 1. The van der Waals surface area contributed by atoms with Crippen LogP contribution in [0, 0.1) is 5.82 Å². The van der Waals surface area contributed by atoms with Crippen molar-refractivity contribution < 1.29 is 8.81 Å². The largest absolute Gasteiger partial charge is 0.439 e. The third-order valence-electron chi connectivity index (χ3n) is 3.77. The van der Waals surface area contributed by atoms with Crippen LogP contribution in [0.15, 0.2) is 22.6 Å². The lowest BCUT2D eigenvalue weighted by atomic mass is 9.91. The number of nitrogens with zero attached hydrogens (tertiary/aromatic N) is 1. The molecule has 0 saturated heterocycles. The van der Waals surface area contributed by atoms with E-state index >= 15 is 0 Å². The SMILES string of the molecule is NC1(c2nc3ccc(F)cc3o2)CCCCCC1. The average Bonchev–Trinajstić information content (AvgIpc) is 2.65. The van der Waals surface area contributed by atoms with Crippen LogP contribution in [0.5, 0.6) is 0 Å². The van der Waals surface area contributed by atoms with Gasteiger partial charge in [0.2, 0.25) is 5.89 Å². The van der Waals surface area contributed by atoms with Crippen LogP contribution < -0.4 is 5.73 Å². The fourth-order valence-electron chi connectivity index (χ4n) is 2.68. The number of rotatable bonds is 1. The number of halogens is 1. The number of fused-ring (bicyclic) bond motifs is 1. The highest BCUT2D eigenvalue weighted by molar-refractivity contribution is 5.72. The molecule has 2 N–H and O–H groups in total. The van der Waals surface area contributed by atoms with E-state index in [0.717, 1.165) is 25.7 Å². The van der Waals surface area contributed by atoms with Crippen molar-refractivity contribution in [3.8, 4) is 0 Å². The summed E-state index contributed by atoms with van der Waals surface area (Å²) in [6.45, 7) is 0. The van der Waals surface area contributed by atoms with Crippen molar-refractivity contribution >= 4 is 11.1 Å². The van der Waals surface area contributed by atoms with Gasteiger partial charge in [-0.25, -0.2) is 9.37 Å². The summed E-state index contributed by atoms with van der Waals surface area (Å²) in [4.78, 5) is 4.43. The highest BCUT2D eigenvalue weighted by Crippen LogP contribution is 2.34. The molecule has 0 spiro atoms. The van der Waals surface area contributed by atoms with Gasteiger partial charge in [-0.3, -0.25) is 0 Å². The van der Waals surface area contributed by atoms with Crippen molar-refractivity contribution in [2.75, 3.05) is 0 Å². The molecule has 0 radical (unpaired) electrons. The first-order valence-corrected chi connectivity index (χ1v) is 6.53. The molecule has 0 atom stereocenters. The zero-order valence-corrected chi connectivity index (χ0v) is 10.3. The van der Waals surface area contributed by atoms with Gasteiger partial charge >= 0.3 is 0 Å². The van der Waals surface area contributed by atoms with Gasteiger partial charge in [0.1, 0.15) is 11.3 Å². The summed E-state index contributed by atoms with van der Waals surface area (Å²) >= 11 is 0. The van der Waals surface area contributed by atoms with Gasteiger partial charge in [0.05, 0.1) is 5.54 Å². The Morgan fingerprint density at radius 2 is 1.89 bits per heavy atom. The number of aromatic nitrogens is 1. The molecule has 0 bridgehead atoms. The summed E-state index contributed by atoms with van der Waals surface area (Å²) in [7, 11) is 0. The molecule has 0 amide bonds. The van der Waals surface area contributed by atoms with Crippen LogP contribution in [0.3, 0.4) is 0 Å². The first kappa shape index (κ1) is 11.7. The van der Waals surface area contributed by atoms with Crippen molar-refractivity contribution in [1.29, 1.82) is 0 Å². The second kappa shape index (κ2) is 4.35. The van der Waals surface area contributed by atoms with Crippen molar-refractivity contribution in [1.82, 2.24) is 4.98 Å². The second-order valence-electron chi connectivity index (χ2n) is 5.20. The van der Waals surface area contributed by atoms with Crippen LogP contribution in [-0.2, 0) is 5.54 Å². The minimum Gasteiger partial charge on any atom is -0.439 e. The van der Waals surface area contributed by atoms with Crippen molar-refractivity contribution in [3.63, 3.8) is 0 Å². The van der Waals surface area contributed by atoms with Crippen LogP contribution in [0.4, 0.5) is 4.39 Å². The Kier molecular flexibility index (Phi) is 2.82. The fourth-order valence-corrected chi connectivity index (χ4v) is 2.68. The van der Waals surface area contributed by atoms with E-state index in [-0.39, 0.29) is 5.82 Å². The Morgan fingerprint density at radius 3 is 2.61 bits per heavy atom. The average molecular weight is 248 g/mol. The Hall–Kier alpha value is -1.42. The molecule has 1 saturated carbocycles. The van der Waals surface area contributed by atoms with Gasteiger partial charge in [-0.1, -0.05) is 25.7 Å². The van der Waals surface area contributed by atoms with Crippen molar-refractivity contribution in [2.24, 2.45) is 5.73 Å². The molecule has 96 valence electrons. The Bertz CT molecular complexity index is 556. The molecule has 1 aliphatic rings. The topological polar surface area (TPSA) is 52.0 Å². The normalized spacial score (nSPS) is 19.9. The third-order valence-corrected chi connectivity index (χ3v) is 3.77. The molecule has 3 rings (SSSR count). The summed E-state index contributed by atoms with van der Waals surface area (Å²) in [5.41, 5.74) is 7.12. The predicted octanol–water partition coefficient (Wildman–Crippen LogP) is 3.48. The van der Waals surface area contributed by atoms with Gasteiger partial charge in [0.25, 0.3) is 0 Å². The van der Waals surface area contributed by atoms with E-state index in [1.807, 2.05) is 0 Å². The summed E-state index contributed by atoms with van der Waals surface area (Å²) in [5.74, 6) is 0.252. The van der Waals surface area contributed by atoms with Gasteiger partial charge in [-0.05, 0) is 25.0 Å². The molecule has 1 aromatic heterocycles. The van der Waals surface area contributed by atoms with E-state index in [2.05, 4.69) is 4.98 Å². The lowest BCUT2D eigenvalue weighted by Gasteiger charge is -2.23. The van der Waals surface area contributed by atoms with Crippen LogP contribution in [0.25, 0.3) is 11.1 Å². The fraction of sp³-hybridized carbons (Fsp3) is 0.500. The maximum atomic E-state index is 13.1. The van der Waals surface area contributed by atoms with Crippen molar-refractivity contribution in [2.45, 2.75) is 44.1 Å². The predicted molar refractivity (Wildman–Crippen MR) is 67.5 cm³/mol. The summed E-state index contributed by atoms with van der Waals surface area (Å²) in [6.07, 6.45) is 6.42. The van der Waals surface area contributed by atoms with Gasteiger partial charge in [0, 0.05) is 6.07 Å². The molecule has 18 heavy (non-hydrogen) atoms. The first-order valence-electron chi connectivity index (χ1n) is 6.53. The highest BCUT2D eigenvalue weighted by atomic mass is 19.1. The first-order chi connectivity index (χ1) is 8.67. The molecular formula is C14H17FN2O. The maximum Gasteiger partial charge on any atom is 0.215 e. The summed E-state index contributed by atoms with van der Waals surface area (Å²) in [6, 6.07) is 4.40. The van der Waals surface area contributed by atoms with E-state index in [1.165, 1.54) is 25.0 Å². The molecule has 4 heteroatoms. The molecule has 3 nitrogen and oxygen atoms in total. The van der Waals surface area contributed by atoms with Crippen LogP contribution in [-0.4, -0.2) is 4.98 Å². The van der Waals surface area contributed by atoms with Gasteiger partial charge in [-0.2, -0.15) is 0 Å². The highest BCUT2D eigenvalue weighted by Gasteiger charge is 2.33. The standard InChI is InChI=1S/C14H17FN2O/c15-10-5-6-11-12(9-10)18-13(17-11)14(16)7-3-1-2-4-8-14/h5-6,9H,1-4,7-8,16H2. The van der Waals surface area contributed by atoms with E-state index in [1.54, 1.807) is 6.07 Å². The minimum atomic E-state index is -0.480. The lowest BCUT2D eigenvalue weighted by molar-refractivity contribution is 0.301. The Balaban J connectivity index is 2.02. The number of oxazole rings is 1. The van der Waals surface area contributed by atoms with Gasteiger partial charge in [-0.15, -0.1) is 0 Å². The molecule has 1 fully saturated rings. The number of hydrogen-bond acceptors (Lipinski definition) is 3. The minimum absolute atomic E-state index is 0.308. The van der Waals surface area contributed by atoms with E-state index in [0.29, 0.717) is 17.0 Å². The Labute approximate surface area is 105 Å². The van der Waals surface area contributed by atoms with Crippen LogP contribution >= 0.6 is 0 Å². The smallest absolute Gasteiger partial charge is 0.215 e. The number of nitrogens with two attached hydrogens (primary N) is 1. The Morgan fingerprint density at radius 1 is 1.17 bits per heavy atom. The molecule has 2 aromatic rings. The summed E-state index contributed by atoms with van der Waals surface area (Å²) < 4.78 is 18.8. The van der Waals surface area contributed by atoms with Crippen molar-refractivity contribution in [3.05, 3.63) is 29.9 Å². The van der Waals surface area contributed by atoms with E-state index in [9.17, 15) is 4.39 Å². The summed E-state index contributed by atoms with van der Waals surface area (Å²) in [5, 5.41) is 0. The van der Waals surface area contributed by atoms with Crippen LogP contribution in [0.2, 0.25) is 0 Å². The lowest BCUT2D eigenvalue weighted by Crippen LogP contribution is -2.36. The van der Waals surface area contributed by atoms with Crippen LogP contribution in [0.1, 0.15) is 44.4 Å². The molecule has 0 unspecified atom stereocenters. The number of hydrogen-bond donors (Lipinski definition) is 1. The zero-order chi connectivity index (χ0) is 12.6. The molecule has 0 aliphatic heterocycles. The molecular weight excluding hydrogens is 231 g/mol. The van der Waals surface area contributed by atoms with E-state index in [4.69, 9.17) is 10.2 Å². The molecule has 1 aliphatic carbocycles. The zero-order valence-electron chi connectivity index (χ0n) is 10.3. The molecule has 1 heterocycles. The molecule has 1 aromatic carbocycles. The monoisotopic (exact) mass is 248 g/mol. The van der Waals surface area contributed by atoms with E-state index < -0.39 is 5.54 Å².